The minimum absolute atomic E-state index is 0.306. The van der Waals surface area contributed by atoms with Crippen LogP contribution in [0.3, 0.4) is 0 Å². The van der Waals surface area contributed by atoms with Crippen LogP contribution in [-0.2, 0) is 0 Å². The Morgan fingerprint density at radius 2 is 1.86 bits per heavy atom. The molecule has 0 rings (SSSR count). The SMILES string of the molecule is CN(C)CC(O)O. The molecule has 0 aromatic heterocycles. The minimum Gasteiger partial charge on any atom is -0.367 e. The average molecular weight is 105 g/mol. The highest BCUT2D eigenvalue weighted by Crippen LogP contribution is 1.76. The fourth-order valence-electron chi connectivity index (χ4n) is 0.327. The zero-order valence-corrected chi connectivity index (χ0v) is 4.63. The van der Waals surface area contributed by atoms with Crippen LogP contribution in [0, 0.1) is 0 Å². The molecule has 0 radical (unpaired) electrons. The first-order valence-electron chi connectivity index (χ1n) is 2.14. The molecular weight excluding hydrogens is 94.0 g/mol. The lowest BCUT2D eigenvalue weighted by Gasteiger charge is -2.09. The Morgan fingerprint density at radius 1 is 1.43 bits per heavy atom. The van der Waals surface area contributed by atoms with E-state index in [2.05, 4.69) is 0 Å². The number of aliphatic hydroxyl groups excluding tert-OH is 1. The third-order valence-corrected chi connectivity index (χ3v) is 0.528. The Hall–Kier alpha value is -0.120. The van der Waals surface area contributed by atoms with Crippen molar-refractivity contribution in [1.82, 2.24) is 4.90 Å². The first kappa shape index (κ1) is 6.88. The lowest BCUT2D eigenvalue weighted by Crippen LogP contribution is -2.24. The molecule has 0 heterocycles. The maximum Gasteiger partial charge on any atom is 0.164 e. The molecular formula is C4H11NO2. The van der Waals surface area contributed by atoms with Crippen molar-refractivity contribution in [3.8, 4) is 0 Å². The maximum absolute atomic E-state index is 8.24. The third kappa shape index (κ3) is 5.88. The van der Waals surface area contributed by atoms with Gasteiger partial charge >= 0.3 is 0 Å². The average Bonchev–Trinajstić information content (AvgIpc) is 1.27. The Bertz CT molecular complexity index is 39.0. The molecule has 0 aromatic rings. The summed E-state index contributed by atoms with van der Waals surface area (Å²) >= 11 is 0. The normalized spacial score (nSPS) is 11.1. The van der Waals surface area contributed by atoms with Gasteiger partial charge in [0, 0.05) is 6.54 Å². The molecule has 0 aliphatic heterocycles. The summed E-state index contributed by atoms with van der Waals surface area (Å²) in [7, 11) is 3.55. The van der Waals surface area contributed by atoms with Crippen LogP contribution in [0.25, 0.3) is 0 Å². The fourth-order valence-corrected chi connectivity index (χ4v) is 0.327. The van der Waals surface area contributed by atoms with Crippen LogP contribution in [0.1, 0.15) is 0 Å². The van der Waals surface area contributed by atoms with Crippen LogP contribution in [0.4, 0.5) is 0 Å². The summed E-state index contributed by atoms with van der Waals surface area (Å²) in [6.45, 7) is 0.306. The molecule has 0 fully saturated rings. The molecule has 0 bridgehead atoms. The van der Waals surface area contributed by atoms with E-state index in [4.69, 9.17) is 10.2 Å². The van der Waals surface area contributed by atoms with Gasteiger partial charge < -0.3 is 15.1 Å². The maximum atomic E-state index is 8.24. The molecule has 0 aliphatic rings. The van der Waals surface area contributed by atoms with Crippen LogP contribution in [0.2, 0.25) is 0 Å². The number of nitrogens with zero attached hydrogens (tertiary/aromatic N) is 1. The van der Waals surface area contributed by atoms with Crippen LogP contribution in [0.15, 0.2) is 0 Å². The van der Waals surface area contributed by atoms with Crippen molar-refractivity contribution in [2.24, 2.45) is 0 Å². The van der Waals surface area contributed by atoms with Crippen molar-refractivity contribution >= 4 is 0 Å². The van der Waals surface area contributed by atoms with E-state index in [9.17, 15) is 0 Å². The van der Waals surface area contributed by atoms with Crippen molar-refractivity contribution < 1.29 is 10.2 Å². The monoisotopic (exact) mass is 105 g/mol. The van der Waals surface area contributed by atoms with Crippen molar-refractivity contribution in [3.63, 3.8) is 0 Å². The molecule has 0 amide bonds. The highest BCUT2D eigenvalue weighted by Gasteiger charge is 1.95. The molecule has 0 saturated carbocycles. The van der Waals surface area contributed by atoms with Crippen LogP contribution in [-0.4, -0.2) is 42.0 Å². The molecule has 0 unspecified atom stereocenters. The van der Waals surface area contributed by atoms with Gasteiger partial charge in [-0.2, -0.15) is 0 Å². The fraction of sp³-hybridized carbons (Fsp3) is 1.00. The van der Waals surface area contributed by atoms with Gasteiger partial charge in [-0.25, -0.2) is 0 Å². The predicted octanol–water partition coefficient (Wildman–Crippen LogP) is -1.14. The Balaban J connectivity index is 2.95. The van der Waals surface area contributed by atoms with Gasteiger partial charge in [0.25, 0.3) is 0 Å². The van der Waals surface area contributed by atoms with Crippen LogP contribution >= 0.6 is 0 Å². The van der Waals surface area contributed by atoms with E-state index in [0.29, 0.717) is 6.54 Å². The lowest BCUT2D eigenvalue weighted by molar-refractivity contribution is -0.0537. The number of aliphatic hydroxyl groups is 2. The quantitative estimate of drug-likeness (QED) is 0.436. The summed E-state index contributed by atoms with van der Waals surface area (Å²) < 4.78 is 0. The second-order valence-corrected chi connectivity index (χ2v) is 1.74. The third-order valence-electron chi connectivity index (χ3n) is 0.528. The molecule has 3 nitrogen and oxygen atoms in total. The number of likely N-dealkylation sites (N-methyl/N-ethyl adjacent to an activating group) is 1. The van der Waals surface area contributed by atoms with Gasteiger partial charge in [0.15, 0.2) is 6.29 Å². The second-order valence-electron chi connectivity index (χ2n) is 1.74. The summed E-state index contributed by atoms with van der Waals surface area (Å²) in [5, 5.41) is 16.5. The molecule has 0 aliphatic carbocycles. The zero-order chi connectivity index (χ0) is 5.86. The topological polar surface area (TPSA) is 43.7 Å². The van der Waals surface area contributed by atoms with Gasteiger partial charge in [-0.05, 0) is 14.1 Å². The van der Waals surface area contributed by atoms with Gasteiger partial charge in [0.05, 0.1) is 0 Å². The summed E-state index contributed by atoms with van der Waals surface area (Å²) in [6.07, 6.45) is -1.20. The summed E-state index contributed by atoms with van der Waals surface area (Å²) in [6, 6.07) is 0. The summed E-state index contributed by atoms with van der Waals surface area (Å²) in [5.74, 6) is 0. The van der Waals surface area contributed by atoms with Gasteiger partial charge in [-0.1, -0.05) is 0 Å². The first-order valence-corrected chi connectivity index (χ1v) is 2.14. The van der Waals surface area contributed by atoms with E-state index in [0.717, 1.165) is 0 Å². The molecule has 0 atom stereocenters. The molecule has 44 valence electrons. The predicted molar refractivity (Wildman–Crippen MR) is 26.8 cm³/mol. The largest absolute Gasteiger partial charge is 0.367 e. The first-order chi connectivity index (χ1) is 3.13. The van der Waals surface area contributed by atoms with E-state index in [1.54, 1.807) is 19.0 Å². The van der Waals surface area contributed by atoms with Gasteiger partial charge in [0.2, 0.25) is 0 Å². The smallest absolute Gasteiger partial charge is 0.164 e. The number of hydrogen-bond donors (Lipinski definition) is 2. The van der Waals surface area contributed by atoms with Crippen molar-refractivity contribution in [2.75, 3.05) is 20.6 Å². The van der Waals surface area contributed by atoms with E-state index in [1.807, 2.05) is 0 Å². The molecule has 7 heavy (non-hydrogen) atoms. The Morgan fingerprint density at radius 3 is 1.86 bits per heavy atom. The van der Waals surface area contributed by atoms with Crippen molar-refractivity contribution in [2.45, 2.75) is 6.29 Å². The van der Waals surface area contributed by atoms with Gasteiger partial charge in [0.1, 0.15) is 0 Å². The molecule has 2 N–H and O–H groups in total. The Kier molecular flexibility index (Phi) is 2.91. The molecule has 3 heteroatoms. The zero-order valence-electron chi connectivity index (χ0n) is 4.63. The summed E-state index contributed by atoms with van der Waals surface area (Å²) in [5.41, 5.74) is 0. The Labute approximate surface area is 43.2 Å². The highest BCUT2D eigenvalue weighted by molar-refractivity contribution is 4.40. The molecule has 0 saturated heterocycles. The number of rotatable bonds is 2. The van der Waals surface area contributed by atoms with Crippen LogP contribution in [0.5, 0.6) is 0 Å². The summed E-state index contributed by atoms with van der Waals surface area (Å²) in [4.78, 5) is 1.70. The van der Waals surface area contributed by atoms with Gasteiger partial charge in [-0.15, -0.1) is 0 Å². The van der Waals surface area contributed by atoms with Crippen molar-refractivity contribution in [1.29, 1.82) is 0 Å². The van der Waals surface area contributed by atoms with E-state index < -0.39 is 6.29 Å². The van der Waals surface area contributed by atoms with E-state index in [1.165, 1.54) is 0 Å². The van der Waals surface area contributed by atoms with Gasteiger partial charge in [-0.3, -0.25) is 0 Å². The lowest BCUT2D eigenvalue weighted by atomic mass is 10.6. The number of hydrogen-bond acceptors (Lipinski definition) is 3. The minimum atomic E-state index is -1.20. The molecule has 0 aromatic carbocycles. The van der Waals surface area contributed by atoms with Crippen LogP contribution < -0.4 is 0 Å². The highest BCUT2D eigenvalue weighted by atomic mass is 16.5. The van der Waals surface area contributed by atoms with E-state index >= 15 is 0 Å². The van der Waals surface area contributed by atoms with Crippen molar-refractivity contribution in [3.05, 3.63) is 0 Å². The van der Waals surface area contributed by atoms with E-state index in [-0.39, 0.29) is 0 Å². The molecule has 0 spiro atoms. The standard InChI is InChI=1S/C4H11NO2/c1-5(2)3-4(6)7/h4,6-7H,3H2,1-2H3. The second kappa shape index (κ2) is 2.96.